The molecular formula is C16H29N5O7. The number of carboxylic acid groups (broad SMARTS) is 1. The third-order valence-electron chi connectivity index (χ3n) is 3.82. The lowest BCUT2D eigenvalue weighted by Crippen LogP contribution is -2.56. The molecule has 0 saturated carbocycles. The SMILES string of the molecule is CC(C)C(N)C(=O)NCC(=O)NC(CCC(N)=O)C(=O)NC(C(=O)O)C(C)O. The van der Waals surface area contributed by atoms with E-state index in [0.29, 0.717) is 0 Å². The highest BCUT2D eigenvalue weighted by atomic mass is 16.4. The molecule has 28 heavy (non-hydrogen) atoms. The minimum absolute atomic E-state index is 0.148. The zero-order valence-electron chi connectivity index (χ0n) is 16.1. The van der Waals surface area contributed by atoms with Gasteiger partial charge < -0.3 is 37.6 Å². The second kappa shape index (κ2) is 11.9. The van der Waals surface area contributed by atoms with Crippen LogP contribution in [-0.4, -0.2) is 70.6 Å². The number of primary amides is 1. The van der Waals surface area contributed by atoms with Gasteiger partial charge in [0.15, 0.2) is 6.04 Å². The van der Waals surface area contributed by atoms with Crippen LogP contribution in [0.5, 0.6) is 0 Å². The molecule has 0 radical (unpaired) electrons. The van der Waals surface area contributed by atoms with Crippen molar-refractivity contribution in [1.82, 2.24) is 16.0 Å². The van der Waals surface area contributed by atoms with E-state index in [9.17, 15) is 29.1 Å². The van der Waals surface area contributed by atoms with Gasteiger partial charge in [0.25, 0.3) is 0 Å². The largest absolute Gasteiger partial charge is 0.480 e. The van der Waals surface area contributed by atoms with Gasteiger partial charge in [-0.15, -0.1) is 0 Å². The maximum absolute atomic E-state index is 12.3. The van der Waals surface area contributed by atoms with Crippen molar-refractivity contribution in [2.24, 2.45) is 17.4 Å². The molecule has 4 amide bonds. The summed E-state index contributed by atoms with van der Waals surface area (Å²) in [5.41, 5.74) is 10.7. The predicted molar refractivity (Wildman–Crippen MR) is 97.4 cm³/mol. The number of nitrogens with one attached hydrogen (secondary N) is 3. The minimum Gasteiger partial charge on any atom is -0.480 e. The maximum Gasteiger partial charge on any atom is 0.328 e. The molecule has 4 unspecified atom stereocenters. The van der Waals surface area contributed by atoms with E-state index in [2.05, 4.69) is 16.0 Å². The molecule has 4 atom stereocenters. The molecule has 0 aromatic heterocycles. The fraction of sp³-hybridized carbons (Fsp3) is 0.688. The third kappa shape index (κ3) is 9.28. The van der Waals surface area contributed by atoms with Crippen molar-refractivity contribution in [3.63, 3.8) is 0 Å². The van der Waals surface area contributed by atoms with Gasteiger partial charge in [-0.2, -0.15) is 0 Å². The quantitative estimate of drug-likeness (QED) is 0.175. The van der Waals surface area contributed by atoms with Gasteiger partial charge in [0, 0.05) is 6.42 Å². The number of nitrogens with two attached hydrogens (primary N) is 2. The molecule has 0 spiro atoms. The summed E-state index contributed by atoms with van der Waals surface area (Å²) in [5.74, 6) is -4.58. The summed E-state index contributed by atoms with van der Waals surface area (Å²) in [6.45, 7) is 4.16. The molecule has 12 nitrogen and oxygen atoms in total. The average molecular weight is 403 g/mol. The van der Waals surface area contributed by atoms with E-state index in [-0.39, 0.29) is 18.8 Å². The van der Waals surface area contributed by atoms with Crippen molar-refractivity contribution in [3.05, 3.63) is 0 Å². The number of hydrogen-bond donors (Lipinski definition) is 7. The molecule has 0 aromatic rings. The first-order valence-electron chi connectivity index (χ1n) is 8.69. The number of aliphatic hydroxyl groups excluding tert-OH is 1. The minimum atomic E-state index is -1.61. The van der Waals surface area contributed by atoms with Gasteiger partial charge in [0.2, 0.25) is 23.6 Å². The third-order valence-corrected chi connectivity index (χ3v) is 3.82. The highest BCUT2D eigenvalue weighted by molar-refractivity contribution is 5.93. The van der Waals surface area contributed by atoms with Crippen molar-refractivity contribution in [2.45, 2.75) is 57.8 Å². The molecule has 0 aliphatic carbocycles. The number of hydrogen-bond acceptors (Lipinski definition) is 7. The number of amides is 4. The maximum atomic E-state index is 12.3. The van der Waals surface area contributed by atoms with Crippen LogP contribution in [0.3, 0.4) is 0 Å². The van der Waals surface area contributed by atoms with E-state index in [1.165, 1.54) is 6.92 Å². The normalized spacial score (nSPS) is 15.1. The van der Waals surface area contributed by atoms with Crippen molar-refractivity contribution >= 4 is 29.6 Å². The van der Waals surface area contributed by atoms with E-state index in [1.807, 2.05) is 0 Å². The Morgan fingerprint density at radius 2 is 1.57 bits per heavy atom. The summed E-state index contributed by atoms with van der Waals surface area (Å²) in [7, 11) is 0. The molecule has 160 valence electrons. The standard InChI is InChI=1S/C16H29N5O7/c1-7(2)12(18)15(26)19-6-11(24)20-9(4-5-10(17)23)14(25)21-13(8(3)22)16(27)28/h7-9,12-13,22H,4-6,18H2,1-3H3,(H2,17,23)(H,19,26)(H,20,24)(H,21,25)(H,27,28). The fourth-order valence-corrected chi connectivity index (χ4v) is 2.03. The summed E-state index contributed by atoms with van der Waals surface area (Å²) in [5, 5.41) is 25.1. The Labute approximate surface area is 162 Å². The lowest BCUT2D eigenvalue weighted by Gasteiger charge is -2.23. The van der Waals surface area contributed by atoms with Crippen molar-refractivity contribution in [2.75, 3.05) is 6.54 Å². The molecule has 0 heterocycles. The summed E-state index contributed by atoms with van der Waals surface area (Å²) in [6, 6.07) is -3.72. The molecule has 9 N–H and O–H groups in total. The predicted octanol–water partition coefficient (Wildman–Crippen LogP) is -3.21. The second-order valence-corrected chi connectivity index (χ2v) is 6.68. The second-order valence-electron chi connectivity index (χ2n) is 6.68. The molecule has 0 fully saturated rings. The van der Waals surface area contributed by atoms with E-state index < -0.39 is 60.4 Å². The number of aliphatic hydroxyl groups is 1. The molecule has 0 aliphatic heterocycles. The van der Waals surface area contributed by atoms with E-state index in [0.717, 1.165) is 0 Å². The number of carbonyl (C=O) groups excluding carboxylic acids is 4. The lowest BCUT2D eigenvalue weighted by molar-refractivity contribution is -0.145. The van der Waals surface area contributed by atoms with Crippen LogP contribution in [0.25, 0.3) is 0 Å². The molecule has 0 bridgehead atoms. The first-order chi connectivity index (χ1) is 12.9. The van der Waals surface area contributed by atoms with Crippen molar-refractivity contribution < 1.29 is 34.2 Å². The Morgan fingerprint density at radius 3 is 2.00 bits per heavy atom. The van der Waals surface area contributed by atoms with Crippen LogP contribution in [0, 0.1) is 5.92 Å². The van der Waals surface area contributed by atoms with Crippen LogP contribution in [-0.2, 0) is 24.0 Å². The van der Waals surface area contributed by atoms with Gasteiger partial charge in [0.1, 0.15) is 6.04 Å². The Balaban J connectivity index is 4.97. The zero-order valence-corrected chi connectivity index (χ0v) is 16.1. The van der Waals surface area contributed by atoms with Gasteiger partial charge in [-0.25, -0.2) is 4.79 Å². The number of rotatable bonds is 12. The average Bonchev–Trinajstić information content (AvgIpc) is 2.59. The van der Waals surface area contributed by atoms with E-state index in [4.69, 9.17) is 16.6 Å². The number of carbonyl (C=O) groups is 5. The Bertz CT molecular complexity index is 594. The zero-order chi connectivity index (χ0) is 22.0. The van der Waals surface area contributed by atoms with Crippen LogP contribution in [0.15, 0.2) is 0 Å². The monoisotopic (exact) mass is 403 g/mol. The summed E-state index contributed by atoms with van der Waals surface area (Å²) < 4.78 is 0. The van der Waals surface area contributed by atoms with Gasteiger partial charge in [-0.3, -0.25) is 19.2 Å². The first kappa shape index (κ1) is 25.3. The van der Waals surface area contributed by atoms with Gasteiger partial charge in [-0.05, 0) is 19.3 Å². The Kier molecular flexibility index (Phi) is 10.7. The van der Waals surface area contributed by atoms with E-state index in [1.54, 1.807) is 13.8 Å². The van der Waals surface area contributed by atoms with Crippen LogP contribution >= 0.6 is 0 Å². The van der Waals surface area contributed by atoms with Crippen LogP contribution in [0.4, 0.5) is 0 Å². The van der Waals surface area contributed by atoms with Gasteiger partial charge in [-0.1, -0.05) is 13.8 Å². The Morgan fingerprint density at radius 1 is 1.00 bits per heavy atom. The molecule has 0 aromatic carbocycles. The summed E-state index contributed by atoms with van der Waals surface area (Å²) in [4.78, 5) is 58.1. The Hall–Kier alpha value is -2.73. The lowest BCUT2D eigenvalue weighted by atomic mass is 10.1. The smallest absolute Gasteiger partial charge is 0.328 e. The molecule has 0 aliphatic rings. The molecule has 0 saturated heterocycles. The first-order valence-corrected chi connectivity index (χ1v) is 8.69. The molecular weight excluding hydrogens is 374 g/mol. The number of aliphatic carboxylic acids is 1. The fourth-order valence-electron chi connectivity index (χ4n) is 2.03. The van der Waals surface area contributed by atoms with E-state index >= 15 is 0 Å². The van der Waals surface area contributed by atoms with Gasteiger partial charge >= 0.3 is 5.97 Å². The van der Waals surface area contributed by atoms with Crippen molar-refractivity contribution in [3.8, 4) is 0 Å². The highest BCUT2D eigenvalue weighted by Crippen LogP contribution is 2.01. The van der Waals surface area contributed by atoms with Gasteiger partial charge in [0.05, 0.1) is 18.7 Å². The number of carboxylic acids is 1. The molecule has 0 rings (SSSR count). The van der Waals surface area contributed by atoms with Crippen molar-refractivity contribution in [1.29, 1.82) is 0 Å². The topological polar surface area (TPSA) is 214 Å². The molecule has 12 heteroatoms. The van der Waals surface area contributed by atoms with Crippen LogP contribution < -0.4 is 27.4 Å². The van der Waals surface area contributed by atoms with Crippen LogP contribution in [0.1, 0.15) is 33.6 Å². The summed E-state index contributed by atoms with van der Waals surface area (Å²) in [6.07, 6.45) is -1.85. The summed E-state index contributed by atoms with van der Waals surface area (Å²) >= 11 is 0. The highest BCUT2D eigenvalue weighted by Gasteiger charge is 2.29. The van der Waals surface area contributed by atoms with Crippen LogP contribution in [0.2, 0.25) is 0 Å².